The van der Waals surface area contributed by atoms with Gasteiger partial charge in [-0.3, -0.25) is 0 Å². The molecule has 3 unspecified atom stereocenters. The van der Waals surface area contributed by atoms with E-state index in [-0.39, 0.29) is 6.10 Å². The Balaban J connectivity index is 1.46. The summed E-state index contributed by atoms with van der Waals surface area (Å²) in [5.41, 5.74) is 1.15. The molecule has 0 radical (unpaired) electrons. The zero-order chi connectivity index (χ0) is 20.1. The fourth-order valence-electron chi connectivity index (χ4n) is 9.26. The number of hydrogen-bond acceptors (Lipinski definition) is 1. The van der Waals surface area contributed by atoms with E-state index in [0.29, 0.717) is 10.8 Å². The Morgan fingerprint density at radius 2 is 1.54 bits per heavy atom. The third-order valence-corrected chi connectivity index (χ3v) is 10.8. The zero-order valence-electron chi connectivity index (χ0n) is 19.6. The van der Waals surface area contributed by atoms with Crippen LogP contribution in [0.4, 0.5) is 0 Å². The fraction of sp³-hybridized carbons (Fsp3) is 1.00. The van der Waals surface area contributed by atoms with Gasteiger partial charge in [-0.05, 0) is 110 Å². The summed E-state index contributed by atoms with van der Waals surface area (Å²) in [6.07, 6.45) is 16.6. The molecule has 0 aromatic heterocycles. The molecule has 162 valence electrons. The number of aliphatic hydroxyl groups is 1. The summed E-state index contributed by atoms with van der Waals surface area (Å²) in [6.45, 7) is 12.7. The summed E-state index contributed by atoms with van der Waals surface area (Å²) in [7, 11) is 0. The van der Waals surface area contributed by atoms with Crippen molar-refractivity contribution < 1.29 is 5.11 Å². The van der Waals surface area contributed by atoms with Gasteiger partial charge in [-0.25, -0.2) is 0 Å². The second-order valence-electron chi connectivity index (χ2n) is 12.6. The Kier molecular flexibility index (Phi) is 5.98. The number of hydrogen-bond donors (Lipinski definition) is 1. The van der Waals surface area contributed by atoms with Crippen LogP contribution in [0, 0.1) is 52.3 Å². The van der Waals surface area contributed by atoms with Gasteiger partial charge in [-0.2, -0.15) is 0 Å². The molecule has 4 aliphatic rings. The third-order valence-electron chi connectivity index (χ3n) is 10.8. The molecule has 1 heteroatoms. The van der Waals surface area contributed by atoms with Crippen LogP contribution in [-0.2, 0) is 0 Å². The van der Waals surface area contributed by atoms with Crippen molar-refractivity contribution in [2.24, 2.45) is 52.3 Å². The van der Waals surface area contributed by atoms with Gasteiger partial charge < -0.3 is 5.11 Å². The molecule has 4 fully saturated rings. The van der Waals surface area contributed by atoms with Gasteiger partial charge in [0.15, 0.2) is 0 Å². The number of aliphatic hydroxyl groups excluding tert-OH is 1. The van der Waals surface area contributed by atoms with Crippen LogP contribution < -0.4 is 0 Å². The van der Waals surface area contributed by atoms with E-state index >= 15 is 0 Å². The molecule has 0 aliphatic heterocycles. The van der Waals surface area contributed by atoms with Gasteiger partial charge in [0.05, 0.1) is 6.10 Å². The molecule has 0 spiro atoms. The molecule has 0 aromatic carbocycles. The van der Waals surface area contributed by atoms with E-state index < -0.39 is 0 Å². The lowest BCUT2D eigenvalue weighted by molar-refractivity contribution is -0.129. The van der Waals surface area contributed by atoms with Gasteiger partial charge in [0.1, 0.15) is 0 Å². The van der Waals surface area contributed by atoms with Crippen LogP contribution in [0.1, 0.15) is 112 Å². The molecule has 9 atom stereocenters. The Labute approximate surface area is 175 Å². The molecule has 0 saturated heterocycles. The molecule has 4 aliphatic carbocycles. The summed E-state index contributed by atoms with van der Waals surface area (Å²) in [6, 6.07) is 0. The molecule has 0 heterocycles. The summed E-state index contributed by atoms with van der Waals surface area (Å²) in [4.78, 5) is 0. The van der Waals surface area contributed by atoms with Crippen molar-refractivity contribution >= 4 is 0 Å². The molecule has 1 N–H and O–H groups in total. The van der Waals surface area contributed by atoms with Crippen molar-refractivity contribution in [2.75, 3.05) is 0 Å². The predicted octanol–water partition coefficient (Wildman–Crippen LogP) is 7.47. The average molecular weight is 389 g/mol. The smallest absolute Gasteiger partial charge is 0.0543 e. The van der Waals surface area contributed by atoms with E-state index in [9.17, 15) is 5.11 Å². The van der Waals surface area contributed by atoms with Crippen molar-refractivity contribution in [3.05, 3.63) is 0 Å². The van der Waals surface area contributed by atoms with Crippen LogP contribution in [0.25, 0.3) is 0 Å². The monoisotopic (exact) mass is 388 g/mol. The lowest BCUT2D eigenvalue weighted by atomic mass is 9.44. The number of fused-ring (bicyclic) bond motifs is 5. The summed E-state index contributed by atoms with van der Waals surface area (Å²) >= 11 is 0. The van der Waals surface area contributed by atoms with E-state index in [0.717, 1.165) is 54.3 Å². The highest BCUT2D eigenvalue weighted by Crippen LogP contribution is 2.68. The Morgan fingerprint density at radius 3 is 2.29 bits per heavy atom. The van der Waals surface area contributed by atoms with E-state index in [1.807, 2.05) is 0 Å². The highest BCUT2D eigenvalue weighted by atomic mass is 16.3. The second-order valence-corrected chi connectivity index (χ2v) is 12.6. The normalized spacial score (nSPS) is 49.4. The average Bonchev–Trinajstić information content (AvgIpc) is 2.99. The molecular formula is C27H48O. The lowest BCUT2D eigenvalue weighted by Gasteiger charge is -2.61. The Bertz CT molecular complexity index is 540. The van der Waals surface area contributed by atoms with Gasteiger partial charge >= 0.3 is 0 Å². The standard InChI is InChI=1S/C27H48O/c1-18(2)7-6-8-19(3)23-11-12-24-22-10-9-20-17-21(28)13-15-26(20,4)25(22)14-16-27(23,24)5/h18-25,28H,6-17H2,1-5H3/t19-,20?,21?,22+,23?,24+,25+,26+,27-/m1/s1. The van der Waals surface area contributed by atoms with Crippen LogP contribution in [0.15, 0.2) is 0 Å². The highest BCUT2D eigenvalue weighted by Gasteiger charge is 2.60. The SMILES string of the molecule is CC(C)CCC[C@@H](C)C1CC[C@H]2[C@@H]3CCC4CC(O)CC[C@]4(C)[C@H]3CC[C@]12C. The molecule has 0 bridgehead atoms. The summed E-state index contributed by atoms with van der Waals surface area (Å²) in [5, 5.41) is 10.3. The van der Waals surface area contributed by atoms with E-state index in [2.05, 4.69) is 34.6 Å². The van der Waals surface area contributed by atoms with Crippen LogP contribution in [0.2, 0.25) is 0 Å². The van der Waals surface area contributed by atoms with Crippen molar-refractivity contribution in [1.29, 1.82) is 0 Å². The zero-order valence-corrected chi connectivity index (χ0v) is 19.6. The highest BCUT2D eigenvalue weighted by molar-refractivity contribution is 5.09. The summed E-state index contributed by atoms with van der Waals surface area (Å²) in [5.74, 6) is 6.49. The minimum atomic E-state index is -0.00830. The van der Waals surface area contributed by atoms with Crippen LogP contribution in [0.3, 0.4) is 0 Å². The first kappa shape index (κ1) is 21.2. The molecule has 0 aromatic rings. The molecule has 0 amide bonds. The molecular weight excluding hydrogens is 340 g/mol. The molecule has 4 rings (SSSR count). The van der Waals surface area contributed by atoms with Crippen molar-refractivity contribution in [1.82, 2.24) is 0 Å². The molecule has 1 nitrogen and oxygen atoms in total. The molecule has 28 heavy (non-hydrogen) atoms. The van der Waals surface area contributed by atoms with Gasteiger partial charge in [0.25, 0.3) is 0 Å². The lowest BCUT2D eigenvalue weighted by Crippen LogP contribution is -2.54. The maximum atomic E-state index is 10.3. The van der Waals surface area contributed by atoms with Crippen LogP contribution in [0.5, 0.6) is 0 Å². The molecule has 4 saturated carbocycles. The first-order chi connectivity index (χ1) is 13.3. The quantitative estimate of drug-likeness (QED) is 0.518. The van der Waals surface area contributed by atoms with Gasteiger partial charge in [-0.1, -0.05) is 53.9 Å². The minimum absolute atomic E-state index is 0.00830. The minimum Gasteiger partial charge on any atom is -0.393 e. The van der Waals surface area contributed by atoms with Gasteiger partial charge in [0.2, 0.25) is 0 Å². The first-order valence-corrected chi connectivity index (χ1v) is 12.9. The largest absolute Gasteiger partial charge is 0.393 e. The summed E-state index contributed by atoms with van der Waals surface area (Å²) < 4.78 is 0. The van der Waals surface area contributed by atoms with Gasteiger partial charge in [-0.15, -0.1) is 0 Å². The van der Waals surface area contributed by atoms with Crippen LogP contribution in [-0.4, -0.2) is 11.2 Å². The van der Waals surface area contributed by atoms with E-state index in [1.54, 1.807) is 0 Å². The van der Waals surface area contributed by atoms with E-state index in [4.69, 9.17) is 0 Å². The van der Waals surface area contributed by atoms with Crippen molar-refractivity contribution in [2.45, 2.75) is 118 Å². The van der Waals surface area contributed by atoms with Gasteiger partial charge in [0, 0.05) is 0 Å². The predicted molar refractivity (Wildman–Crippen MR) is 119 cm³/mol. The maximum absolute atomic E-state index is 10.3. The van der Waals surface area contributed by atoms with Crippen molar-refractivity contribution in [3.63, 3.8) is 0 Å². The third kappa shape index (κ3) is 3.50. The topological polar surface area (TPSA) is 20.2 Å². The van der Waals surface area contributed by atoms with E-state index in [1.165, 1.54) is 64.2 Å². The first-order valence-electron chi connectivity index (χ1n) is 12.9. The fourth-order valence-corrected chi connectivity index (χ4v) is 9.26. The Morgan fingerprint density at radius 1 is 0.821 bits per heavy atom. The maximum Gasteiger partial charge on any atom is 0.0543 e. The second kappa shape index (κ2) is 7.90. The Hall–Kier alpha value is -0.0400. The van der Waals surface area contributed by atoms with Crippen molar-refractivity contribution in [3.8, 4) is 0 Å². The number of rotatable bonds is 5. The van der Waals surface area contributed by atoms with Crippen LogP contribution >= 0.6 is 0 Å².